The van der Waals surface area contributed by atoms with Gasteiger partial charge in [-0.15, -0.1) is 24.8 Å². The molecule has 0 aliphatic carbocycles. The molecule has 0 saturated carbocycles. The Labute approximate surface area is 89.5 Å². The molecule has 74 valence electrons. The van der Waals surface area contributed by atoms with Gasteiger partial charge in [0.1, 0.15) is 11.8 Å². The zero-order chi connectivity index (χ0) is 8.43. The molecule has 0 aliphatic rings. The van der Waals surface area contributed by atoms with E-state index in [2.05, 4.69) is 5.10 Å². The number of hydrogen-bond acceptors (Lipinski definition) is 3. The van der Waals surface area contributed by atoms with Gasteiger partial charge in [-0.2, -0.15) is 10.4 Å². The van der Waals surface area contributed by atoms with Gasteiger partial charge in [-0.3, -0.25) is 4.68 Å². The summed E-state index contributed by atoms with van der Waals surface area (Å²) in [5.74, 6) is 0. The number of nitrogens with zero attached hydrogens (tertiary/aromatic N) is 3. The van der Waals surface area contributed by atoms with Crippen molar-refractivity contribution in [2.45, 2.75) is 13.0 Å². The molecule has 2 N–H and O–H groups in total. The van der Waals surface area contributed by atoms with Crippen LogP contribution in [0.2, 0.25) is 0 Å². The van der Waals surface area contributed by atoms with Gasteiger partial charge in [0.2, 0.25) is 0 Å². The predicted molar refractivity (Wildman–Crippen MR) is 55.0 cm³/mol. The molecule has 6 heteroatoms. The van der Waals surface area contributed by atoms with Gasteiger partial charge in [-0.1, -0.05) is 0 Å². The summed E-state index contributed by atoms with van der Waals surface area (Å²) in [6.07, 6.45) is 1.63. The van der Waals surface area contributed by atoms with E-state index in [-0.39, 0.29) is 30.9 Å². The van der Waals surface area contributed by atoms with Crippen molar-refractivity contribution < 1.29 is 0 Å². The van der Waals surface area contributed by atoms with E-state index in [1.165, 1.54) is 4.68 Å². The van der Waals surface area contributed by atoms with Crippen molar-refractivity contribution in [3.63, 3.8) is 0 Å². The molecule has 0 saturated heterocycles. The molecule has 4 nitrogen and oxygen atoms in total. The molecule has 0 radical (unpaired) electrons. The van der Waals surface area contributed by atoms with Crippen LogP contribution in [0.4, 0.5) is 0 Å². The monoisotopic (exact) mass is 222 g/mol. The van der Waals surface area contributed by atoms with Crippen LogP contribution in [0.25, 0.3) is 0 Å². The first kappa shape index (κ1) is 14.7. The van der Waals surface area contributed by atoms with Gasteiger partial charge in [0.25, 0.3) is 0 Å². The maximum Gasteiger partial charge on any atom is 0.142 e. The minimum atomic E-state index is -0.127. The molecule has 1 heterocycles. The van der Waals surface area contributed by atoms with E-state index >= 15 is 0 Å². The first-order valence-corrected chi connectivity index (χ1v) is 3.34. The summed E-state index contributed by atoms with van der Waals surface area (Å²) in [7, 11) is 1.73. The maximum absolute atomic E-state index is 8.67. The van der Waals surface area contributed by atoms with Crippen LogP contribution >= 0.6 is 24.8 Å². The van der Waals surface area contributed by atoms with E-state index in [1.54, 1.807) is 13.2 Å². The van der Waals surface area contributed by atoms with Crippen molar-refractivity contribution in [3.8, 4) is 6.07 Å². The number of nitriles is 1. The molecule has 1 aromatic heterocycles. The molecule has 1 aromatic rings. The van der Waals surface area contributed by atoms with E-state index in [1.807, 2.05) is 13.0 Å². The van der Waals surface area contributed by atoms with Gasteiger partial charge in [0.05, 0.1) is 6.20 Å². The van der Waals surface area contributed by atoms with Crippen LogP contribution in [0.5, 0.6) is 0 Å². The smallest absolute Gasteiger partial charge is 0.142 e. The molecule has 1 atom stereocenters. The standard InChI is InChI=1S/C7H10N4.2ClH/c1-5(9)6-4-10-11(2)7(6)3-8;;/h4-5H,9H2,1-2H3;2*1H. The second kappa shape index (κ2) is 5.81. The first-order valence-electron chi connectivity index (χ1n) is 3.34. The second-order valence-corrected chi connectivity index (χ2v) is 2.47. The van der Waals surface area contributed by atoms with Gasteiger partial charge in [0.15, 0.2) is 0 Å². The summed E-state index contributed by atoms with van der Waals surface area (Å²) in [5.41, 5.74) is 6.94. The van der Waals surface area contributed by atoms with Crippen molar-refractivity contribution in [3.05, 3.63) is 17.5 Å². The lowest BCUT2D eigenvalue weighted by molar-refractivity contribution is 0.748. The Hall–Kier alpha value is -0.760. The van der Waals surface area contributed by atoms with E-state index in [0.717, 1.165) is 5.56 Å². The van der Waals surface area contributed by atoms with E-state index in [4.69, 9.17) is 11.0 Å². The van der Waals surface area contributed by atoms with Crippen LogP contribution in [-0.2, 0) is 7.05 Å². The molecule has 1 rings (SSSR count). The lowest BCUT2D eigenvalue weighted by Crippen LogP contribution is -2.06. The molecular weight excluding hydrogens is 211 g/mol. The SMILES string of the molecule is CC(N)c1cnn(C)c1C#N.Cl.Cl. The van der Waals surface area contributed by atoms with Gasteiger partial charge < -0.3 is 5.73 Å². The summed E-state index contributed by atoms with van der Waals surface area (Å²) in [4.78, 5) is 0. The average Bonchev–Trinajstić information content (AvgIpc) is 2.30. The normalized spacial score (nSPS) is 10.6. The molecule has 13 heavy (non-hydrogen) atoms. The number of hydrogen-bond donors (Lipinski definition) is 1. The number of rotatable bonds is 1. The lowest BCUT2D eigenvalue weighted by atomic mass is 10.1. The lowest BCUT2D eigenvalue weighted by Gasteiger charge is -2.00. The Balaban J connectivity index is 0. The summed E-state index contributed by atoms with van der Waals surface area (Å²) in [5, 5.41) is 12.6. The molecule has 0 spiro atoms. The highest BCUT2D eigenvalue weighted by atomic mass is 35.5. The number of nitrogens with two attached hydrogens (primary N) is 1. The molecule has 1 unspecified atom stereocenters. The number of aryl methyl sites for hydroxylation is 1. The van der Waals surface area contributed by atoms with E-state index < -0.39 is 0 Å². The van der Waals surface area contributed by atoms with Crippen molar-refractivity contribution in [1.82, 2.24) is 9.78 Å². The van der Waals surface area contributed by atoms with Gasteiger partial charge in [0, 0.05) is 18.7 Å². The van der Waals surface area contributed by atoms with Crippen LogP contribution in [-0.4, -0.2) is 9.78 Å². The summed E-state index contributed by atoms with van der Waals surface area (Å²) in [6.45, 7) is 1.83. The summed E-state index contributed by atoms with van der Waals surface area (Å²) >= 11 is 0. The van der Waals surface area contributed by atoms with Crippen molar-refractivity contribution in [1.29, 1.82) is 5.26 Å². The highest BCUT2D eigenvalue weighted by Gasteiger charge is 2.10. The fourth-order valence-electron chi connectivity index (χ4n) is 0.925. The molecular formula is C7H12Cl2N4. The van der Waals surface area contributed by atoms with Crippen LogP contribution in [0.3, 0.4) is 0 Å². The van der Waals surface area contributed by atoms with Crippen molar-refractivity contribution in [2.75, 3.05) is 0 Å². The van der Waals surface area contributed by atoms with Crippen molar-refractivity contribution in [2.24, 2.45) is 12.8 Å². The minimum Gasteiger partial charge on any atom is -0.324 e. The summed E-state index contributed by atoms with van der Waals surface area (Å²) in [6, 6.07) is 1.92. The van der Waals surface area contributed by atoms with Crippen LogP contribution in [0, 0.1) is 11.3 Å². The van der Waals surface area contributed by atoms with Gasteiger partial charge in [-0.25, -0.2) is 0 Å². The Morgan fingerprint density at radius 2 is 2.15 bits per heavy atom. The number of halogens is 2. The third-order valence-corrected chi connectivity index (χ3v) is 1.56. The first-order chi connectivity index (χ1) is 5.16. The van der Waals surface area contributed by atoms with Crippen LogP contribution in [0.15, 0.2) is 6.20 Å². The zero-order valence-electron chi connectivity index (χ0n) is 7.39. The summed E-state index contributed by atoms with van der Waals surface area (Å²) < 4.78 is 1.53. The third-order valence-electron chi connectivity index (χ3n) is 1.56. The molecule has 0 aromatic carbocycles. The molecule has 0 fully saturated rings. The van der Waals surface area contributed by atoms with Crippen LogP contribution in [0.1, 0.15) is 24.2 Å². The van der Waals surface area contributed by atoms with E-state index in [9.17, 15) is 0 Å². The van der Waals surface area contributed by atoms with Crippen molar-refractivity contribution >= 4 is 24.8 Å². The fraction of sp³-hybridized carbons (Fsp3) is 0.429. The largest absolute Gasteiger partial charge is 0.324 e. The molecule has 0 amide bonds. The quantitative estimate of drug-likeness (QED) is 0.776. The maximum atomic E-state index is 8.67. The number of aromatic nitrogens is 2. The third kappa shape index (κ3) is 2.88. The highest BCUT2D eigenvalue weighted by molar-refractivity contribution is 5.85. The van der Waals surface area contributed by atoms with Gasteiger partial charge >= 0.3 is 0 Å². The average molecular weight is 223 g/mol. The predicted octanol–water partition coefficient (Wildman–Crippen LogP) is 1.16. The van der Waals surface area contributed by atoms with Crippen LogP contribution < -0.4 is 5.73 Å². The Morgan fingerprint density at radius 1 is 1.62 bits per heavy atom. The minimum absolute atomic E-state index is 0. The van der Waals surface area contributed by atoms with E-state index in [0.29, 0.717) is 5.69 Å². The second-order valence-electron chi connectivity index (χ2n) is 2.47. The van der Waals surface area contributed by atoms with Gasteiger partial charge in [-0.05, 0) is 6.92 Å². The molecule has 0 aliphatic heterocycles. The Morgan fingerprint density at radius 3 is 2.46 bits per heavy atom. The Kier molecular flexibility index (Phi) is 6.59. The zero-order valence-corrected chi connectivity index (χ0v) is 9.02. The fourth-order valence-corrected chi connectivity index (χ4v) is 0.925. The highest BCUT2D eigenvalue weighted by Crippen LogP contribution is 2.12. The molecule has 0 bridgehead atoms. The Bertz CT molecular complexity index is 300. The topological polar surface area (TPSA) is 67.6 Å².